The van der Waals surface area contributed by atoms with Crippen LogP contribution in [0, 0.1) is 11.3 Å². The third kappa shape index (κ3) is 3.18. The molecule has 88 valence electrons. The van der Waals surface area contributed by atoms with Gasteiger partial charge in [-0.15, -0.1) is 0 Å². The van der Waals surface area contributed by atoms with Crippen molar-refractivity contribution in [3.05, 3.63) is 0 Å². The van der Waals surface area contributed by atoms with Crippen LogP contribution in [0.2, 0.25) is 0 Å². The minimum absolute atomic E-state index is 0.542. The van der Waals surface area contributed by atoms with E-state index in [4.69, 9.17) is 0 Å². The lowest BCUT2D eigenvalue weighted by molar-refractivity contribution is 0.106. The van der Waals surface area contributed by atoms with Gasteiger partial charge in [-0.1, -0.05) is 13.8 Å². The average molecular weight is 210 g/mol. The van der Waals surface area contributed by atoms with Crippen LogP contribution < -0.4 is 5.32 Å². The highest BCUT2D eigenvalue weighted by molar-refractivity contribution is 4.89. The van der Waals surface area contributed by atoms with E-state index in [9.17, 15) is 0 Å². The molecule has 15 heavy (non-hydrogen) atoms. The predicted molar refractivity (Wildman–Crippen MR) is 65.0 cm³/mol. The molecule has 0 aromatic heterocycles. The highest BCUT2D eigenvalue weighted by Gasteiger charge is 2.33. The van der Waals surface area contributed by atoms with Gasteiger partial charge >= 0.3 is 0 Å². The van der Waals surface area contributed by atoms with Crippen LogP contribution in [0.15, 0.2) is 0 Å². The van der Waals surface area contributed by atoms with Crippen molar-refractivity contribution in [2.75, 3.05) is 26.7 Å². The Balaban J connectivity index is 1.82. The molecule has 0 spiro atoms. The van der Waals surface area contributed by atoms with Gasteiger partial charge in [0.2, 0.25) is 0 Å². The first-order valence-electron chi connectivity index (χ1n) is 6.50. The lowest BCUT2D eigenvalue weighted by atomic mass is 9.84. The minimum atomic E-state index is 0.542. The third-order valence-corrected chi connectivity index (χ3v) is 4.00. The third-order valence-electron chi connectivity index (χ3n) is 4.00. The number of hydrogen-bond acceptors (Lipinski definition) is 2. The van der Waals surface area contributed by atoms with Gasteiger partial charge in [-0.05, 0) is 50.6 Å². The van der Waals surface area contributed by atoms with Gasteiger partial charge in [0.05, 0.1) is 0 Å². The van der Waals surface area contributed by atoms with Crippen LogP contribution in [0.1, 0.15) is 39.5 Å². The van der Waals surface area contributed by atoms with Crippen molar-refractivity contribution in [2.45, 2.75) is 45.6 Å². The molecule has 0 amide bonds. The topological polar surface area (TPSA) is 15.3 Å². The second-order valence-electron chi connectivity index (χ2n) is 6.24. The summed E-state index contributed by atoms with van der Waals surface area (Å²) in [5.41, 5.74) is 0.542. The first-order valence-corrected chi connectivity index (χ1v) is 6.50. The zero-order valence-corrected chi connectivity index (χ0v) is 10.6. The summed E-state index contributed by atoms with van der Waals surface area (Å²) >= 11 is 0. The Morgan fingerprint density at radius 3 is 2.67 bits per heavy atom. The summed E-state index contributed by atoms with van der Waals surface area (Å²) < 4.78 is 0. The van der Waals surface area contributed by atoms with Crippen molar-refractivity contribution in [3.63, 3.8) is 0 Å². The van der Waals surface area contributed by atoms with Crippen LogP contribution >= 0.6 is 0 Å². The molecule has 1 heterocycles. The first kappa shape index (κ1) is 11.4. The molecular weight excluding hydrogens is 184 g/mol. The zero-order valence-electron chi connectivity index (χ0n) is 10.6. The van der Waals surface area contributed by atoms with Crippen LogP contribution in [0.25, 0.3) is 0 Å². The molecule has 0 radical (unpaired) electrons. The molecular formula is C13H26N2. The lowest BCUT2D eigenvalue weighted by Crippen LogP contribution is -2.47. The second kappa shape index (κ2) is 4.42. The number of likely N-dealkylation sites (N-methyl/N-ethyl adjacent to an activating group) is 1. The van der Waals surface area contributed by atoms with Crippen molar-refractivity contribution >= 4 is 0 Å². The maximum Gasteiger partial charge on any atom is 0.0220 e. The van der Waals surface area contributed by atoms with Crippen molar-refractivity contribution in [1.29, 1.82) is 0 Å². The first-order chi connectivity index (χ1) is 7.11. The summed E-state index contributed by atoms with van der Waals surface area (Å²) in [5.74, 6) is 0.972. The van der Waals surface area contributed by atoms with Gasteiger partial charge in [0.15, 0.2) is 0 Å². The highest BCUT2D eigenvalue weighted by Crippen LogP contribution is 2.34. The molecule has 1 aliphatic carbocycles. The molecule has 1 saturated carbocycles. The van der Waals surface area contributed by atoms with E-state index < -0.39 is 0 Å². The van der Waals surface area contributed by atoms with Crippen molar-refractivity contribution in [3.8, 4) is 0 Å². The second-order valence-corrected chi connectivity index (χ2v) is 6.24. The smallest absolute Gasteiger partial charge is 0.0220 e. The van der Waals surface area contributed by atoms with E-state index in [1.165, 1.54) is 45.3 Å². The van der Waals surface area contributed by atoms with Crippen molar-refractivity contribution in [1.82, 2.24) is 10.2 Å². The Bertz CT molecular complexity index is 209. The van der Waals surface area contributed by atoms with Crippen molar-refractivity contribution < 1.29 is 0 Å². The molecule has 0 aromatic carbocycles. The van der Waals surface area contributed by atoms with Crippen LogP contribution in [-0.4, -0.2) is 37.6 Å². The minimum Gasteiger partial charge on any atom is -0.315 e. The fraction of sp³-hybridized carbons (Fsp3) is 1.00. The zero-order chi connectivity index (χ0) is 10.9. The van der Waals surface area contributed by atoms with Gasteiger partial charge in [-0.2, -0.15) is 0 Å². The Morgan fingerprint density at radius 1 is 1.40 bits per heavy atom. The average Bonchev–Trinajstić information content (AvgIpc) is 2.96. The largest absolute Gasteiger partial charge is 0.315 e. The number of hydrogen-bond donors (Lipinski definition) is 1. The SMILES string of the molecule is CNC(CN1CCCC(C)(C)C1)C1CC1. The van der Waals surface area contributed by atoms with Crippen LogP contribution in [0.3, 0.4) is 0 Å². The van der Waals surface area contributed by atoms with E-state index in [-0.39, 0.29) is 0 Å². The predicted octanol–water partition coefficient (Wildman–Crippen LogP) is 2.11. The van der Waals surface area contributed by atoms with Crippen molar-refractivity contribution in [2.24, 2.45) is 11.3 Å². The molecule has 2 heteroatoms. The Morgan fingerprint density at radius 2 is 2.13 bits per heavy atom. The van der Waals surface area contributed by atoms with E-state index in [1.54, 1.807) is 0 Å². The summed E-state index contributed by atoms with van der Waals surface area (Å²) in [4.78, 5) is 2.67. The molecule has 1 unspecified atom stereocenters. The fourth-order valence-electron chi connectivity index (χ4n) is 2.95. The number of nitrogens with one attached hydrogen (secondary N) is 1. The molecule has 2 fully saturated rings. The lowest BCUT2D eigenvalue weighted by Gasteiger charge is -2.39. The maximum absolute atomic E-state index is 3.50. The number of rotatable bonds is 4. The molecule has 0 aromatic rings. The number of likely N-dealkylation sites (tertiary alicyclic amines) is 1. The summed E-state index contributed by atoms with van der Waals surface area (Å²) in [7, 11) is 2.12. The van der Waals surface area contributed by atoms with Gasteiger partial charge in [0.1, 0.15) is 0 Å². The van der Waals surface area contributed by atoms with Gasteiger partial charge in [0.25, 0.3) is 0 Å². The molecule has 1 atom stereocenters. The Hall–Kier alpha value is -0.0800. The van der Waals surface area contributed by atoms with E-state index in [2.05, 4.69) is 31.1 Å². The standard InChI is InChI=1S/C13H26N2/c1-13(2)7-4-8-15(10-13)9-12(14-3)11-5-6-11/h11-12,14H,4-10H2,1-3H3. The van der Waals surface area contributed by atoms with E-state index >= 15 is 0 Å². The highest BCUT2D eigenvalue weighted by atomic mass is 15.2. The van der Waals surface area contributed by atoms with Crippen LogP contribution in [0.4, 0.5) is 0 Å². The van der Waals surface area contributed by atoms with E-state index in [1.807, 2.05) is 0 Å². The van der Waals surface area contributed by atoms with Gasteiger partial charge in [-0.3, -0.25) is 0 Å². The maximum atomic E-state index is 3.50. The molecule has 2 aliphatic rings. The molecule has 1 saturated heterocycles. The summed E-state index contributed by atoms with van der Waals surface area (Å²) in [6, 6.07) is 0.749. The van der Waals surface area contributed by atoms with Crippen LogP contribution in [0.5, 0.6) is 0 Å². The molecule has 1 aliphatic heterocycles. The number of piperidine rings is 1. The fourth-order valence-corrected chi connectivity index (χ4v) is 2.95. The van der Waals surface area contributed by atoms with Crippen LogP contribution in [-0.2, 0) is 0 Å². The van der Waals surface area contributed by atoms with E-state index in [0.717, 1.165) is 12.0 Å². The molecule has 0 bridgehead atoms. The van der Waals surface area contributed by atoms with Gasteiger partial charge in [-0.25, -0.2) is 0 Å². The molecule has 1 N–H and O–H groups in total. The molecule has 2 nitrogen and oxygen atoms in total. The van der Waals surface area contributed by atoms with Gasteiger partial charge < -0.3 is 10.2 Å². The normalized spacial score (nSPS) is 29.0. The summed E-state index contributed by atoms with van der Waals surface area (Å²) in [5, 5.41) is 3.50. The Labute approximate surface area is 94.4 Å². The number of nitrogens with zero attached hydrogens (tertiary/aromatic N) is 1. The summed E-state index contributed by atoms with van der Waals surface area (Å²) in [6.07, 6.45) is 5.68. The van der Waals surface area contributed by atoms with Gasteiger partial charge in [0, 0.05) is 19.1 Å². The monoisotopic (exact) mass is 210 g/mol. The molecule has 2 rings (SSSR count). The quantitative estimate of drug-likeness (QED) is 0.764. The Kier molecular flexibility index (Phi) is 3.36. The summed E-state index contributed by atoms with van der Waals surface area (Å²) in [6.45, 7) is 8.69. The van der Waals surface area contributed by atoms with E-state index in [0.29, 0.717) is 5.41 Å².